The molecule has 1 heterocycles. The van der Waals surface area contributed by atoms with Gasteiger partial charge >= 0.3 is 5.00 Å². The van der Waals surface area contributed by atoms with Crippen LogP contribution in [0.1, 0.15) is 18.2 Å². The Morgan fingerprint density at radius 2 is 2.10 bits per heavy atom. The largest absolute Gasteiger partial charge is 0.491 e. The Labute approximate surface area is 121 Å². The molecule has 0 aliphatic heterocycles. The maximum atomic E-state index is 10.6. The summed E-state index contributed by atoms with van der Waals surface area (Å²) >= 11 is 1.18. The van der Waals surface area contributed by atoms with Gasteiger partial charge in [-0.3, -0.25) is 10.1 Å². The quantitative estimate of drug-likeness (QED) is 0.617. The van der Waals surface area contributed by atoms with Gasteiger partial charge in [0.1, 0.15) is 5.75 Å². The number of hydrogen-bond acceptors (Lipinski definition) is 5. The standard InChI is InChI=1S/C14H16N2O3S/c1-2-9-19-13-6-4-3-5-12(13)15-10-11-7-8-14(20-11)16(17)18/h3-8,15H,2,9-10H2,1H3. The molecule has 2 rings (SSSR count). The molecule has 0 aliphatic carbocycles. The summed E-state index contributed by atoms with van der Waals surface area (Å²) in [6.45, 7) is 3.27. The fourth-order valence-electron chi connectivity index (χ4n) is 1.69. The van der Waals surface area contributed by atoms with Crippen LogP contribution in [0.15, 0.2) is 36.4 Å². The molecular formula is C14H16N2O3S. The molecule has 20 heavy (non-hydrogen) atoms. The van der Waals surface area contributed by atoms with Crippen molar-refractivity contribution in [2.24, 2.45) is 0 Å². The molecule has 6 heteroatoms. The van der Waals surface area contributed by atoms with E-state index in [0.717, 1.165) is 22.7 Å². The molecule has 106 valence electrons. The van der Waals surface area contributed by atoms with Crippen molar-refractivity contribution < 1.29 is 9.66 Å². The Balaban J connectivity index is 2.00. The minimum Gasteiger partial charge on any atom is -0.491 e. The van der Waals surface area contributed by atoms with Gasteiger partial charge in [-0.05, 0) is 24.6 Å². The number of anilines is 1. The van der Waals surface area contributed by atoms with E-state index < -0.39 is 0 Å². The minimum absolute atomic E-state index is 0.164. The van der Waals surface area contributed by atoms with Crippen molar-refractivity contribution in [2.45, 2.75) is 19.9 Å². The lowest BCUT2D eigenvalue weighted by Crippen LogP contribution is -2.02. The summed E-state index contributed by atoms with van der Waals surface area (Å²) in [5, 5.41) is 14.1. The van der Waals surface area contributed by atoms with Gasteiger partial charge in [-0.2, -0.15) is 0 Å². The number of thiophene rings is 1. The monoisotopic (exact) mass is 292 g/mol. The van der Waals surface area contributed by atoms with Crippen molar-refractivity contribution in [3.63, 3.8) is 0 Å². The Kier molecular flexibility index (Phi) is 4.95. The van der Waals surface area contributed by atoms with Gasteiger partial charge in [-0.25, -0.2) is 0 Å². The van der Waals surface area contributed by atoms with Gasteiger partial charge in [-0.1, -0.05) is 30.4 Å². The van der Waals surface area contributed by atoms with E-state index in [4.69, 9.17) is 4.74 Å². The molecule has 1 aromatic heterocycles. The molecule has 0 amide bonds. The lowest BCUT2D eigenvalue weighted by atomic mass is 10.3. The van der Waals surface area contributed by atoms with Crippen LogP contribution in [0.3, 0.4) is 0 Å². The van der Waals surface area contributed by atoms with Gasteiger partial charge in [0.15, 0.2) is 0 Å². The van der Waals surface area contributed by atoms with Crippen LogP contribution in [0.5, 0.6) is 5.75 Å². The molecule has 0 spiro atoms. The number of nitro groups is 1. The highest BCUT2D eigenvalue weighted by molar-refractivity contribution is 7.15. The number of para-hydroxylation sites is 2. The Morgan fingerprint density at radius 1 is 1.30 bits per heavy atom. The highest BCUT2D eigenvalue weighted by Crippen LogP contribution is 2.27. The maximum absolute atomic E-state index is 10.6. The Hall–Kier alpha value is -2.08. The third kappa shape index (κ3) is 3.71. The molecule has 1 N–H and O–H groups in total. The van der Waals surface area contributed by atoms with Crippen LogP contribution in [0.4, 0.5) is 10.7 Å². The van der Waals surface area contributed by atoms with E-state index in [0.29, 0.717) is 13.2 Å². The normalized spacial score (nSPS) is 10.2. The molecule has 0 radical (unpaired) electrons. The molecule has 0 aliphatic rings. The predicted octanol–water partition coefficient (Wildman–Crippen LogP) is 4.06. The molecule has 2 aromatic rings. The summed E-state index contributed by atoms with van der Waals surface area (Å²) in [5.74, 6) is 0.806. The van der Waals surface area contributed by atoms with Crippen molar-refractivity contribution in [1.82, 2.24) is 0 Å². The highest BCUT2D eigenvalue weighted by atomic mass is 32.1. The van der Waals surface area contributed by atoms with E-state index in [2.05, 4.69) is 12.2 Å². The van der Waals surface area contributed by atoms with Crippen molar-refractivity contribution in [3.05, 3.63) is 51.4 Å². The van der Waals surface area contributed by atoms with E-state index in [9.17, 15) is 10.1 Å². The van der Waals surface area contributed by atoms with E-state index in [1.165, 1.54) is 17.4 Å². The smallest absolute Gasteiger partial charge is 0.324 e. The first-order valence-corrected chi connectivity index (χ1v) is 7.21. The fourth-order valence-corrected chi connectivity index (χ4v) is 2.45. The molecule has 0 bridgehead atoms. The third-order valence-corrected chi connectivity index (χ3v) is 3.67. The first-order chi connectivity index (χ1) is 9.70. The summed E-state index contributed by atoms with van der Waals surface area (Å²) in [6, 6.07) is 11.0. The molecule has 0 saturated heterocycles. The van der Waals surface area contributed by atoms with Crippen LogP contribution in [-0.2, 0) is 6.54 Å². The van der Waals surface area contributed by atoms with E-state index in [1.807, 2.05) is 24.3 Å². The van der Waals surface area contributed by atoms with Gasteiger partial charge < -0.3 is 10.1 Å². The zero-order valence-corrected chi connectivity index (χ0v) is 12.0. The summed E-state index contributed by atoms with van der Waals surface area (Å²) in [4.78, 5) is 11.2. The van der Waals surface area contributed by atoms with Gasteiger partial charge in [-0.15, -0.1) is 0 Å². The second kappa shape index (κ2) is 6.91. The Morgan fingerprint density at radius 3 is 2.80 bits per heavy atom. The maximum Gasteiger partial charge on any atom is 0.324 e. The molecule has 5 nitrogen and oxygen atoms in total. The number of ether oxygens (including phenoxy) is 1. The van der Waals surface area contributed by atoms with Crippen LogP contribution >= 0.6 is 11.3 Å². The molecular weight excluding hydrogens is 276 g/mol. The summed E-state index contributed by atoms with van der Waals surface area (Å²) < 4.78 is 5.65. The van der Waals surface area contributed by atoms with Crippen LogP contribution in [-0.4, -0.2) is 11.5 Å². The minimum atomic E-state index is -0.369. The fraction of sp³-hybridized carbons (Fsp3) is 0.286. The second-order valence-corrected chi connectivity index (χ2v) is 5.34. The van der Waals surface area contributed by atoms with E-state index in [1.54, 1.807) is 6.07 Å². The van der Waals surface area contributed by atoms with Gasteiger partial charge in [0.2, 0.25) is 0 Å². The Bertz CT molecular complexity index is 583. The molecule has 0 fully saturated rings. The van der Waals surface area contributed by atoms with Crippen molar-refractivity contribution in [1.29, 1.82) is 0 Å². The lowest BCUT2D eigenvalue weighted by Gasteiger charge is -2.11. The number of nitrogens with one attached hydrogen (secondary N) is 1. The summed E-state index contributed by atoms with van der Waals surface area (Å²) in [6.07, 6.45) is 0.950. The van der Waals surface area contributed by atoms with Crippen LogP contribution in [0.2, 0.25) is 0 Å². The first-order valence-electron chi connectivity index (χ1n) is 6.39. The van der Waals surface area contributed by atoms with Crippen molar-refractivity contribution >= 4 is 22.0 Å². The van der Waals surface area contributed by atoms with Crippen LogP contribution in [0, 0.1) is 10.1 Å². The third-order valence-electron chi connectivity index (χ3n) is 2.63. The van der Waals surface area contributed by atoms with E-state index in [-0.39, 0.29) is 9.92 Å². The topological polar surface area (TPSA) is 64.4 Å². The highest BCUT2D eigenvalue weighted by Gasteiger charge is 2.10. The molecule has 0 unspecified atom stereocenters. The molecule has 1 aromatic carbocycles. The number of rotatable bonds is 7. The summed E-state index contributed by atoms with van der Waals surface area (Å²) in [7, 11) is 0. The molecule has 0 atom stereocenters. The zero-order chi connectivity index (χ0) is 14.4. The summed E-state index contributed by atoms with van der Waals surface area (Å²) in [5.41, 5.74) is 0.900. The average Bonchev–Trinajstić information content (AvgIpc) is 2.93. The van der Waals surface area contributed by atoms with Gasteiger partial charge in [0.05, 0.1) is 17.2 Å². The van der Waals surface area contributed by atoms with Crippen molar-refractivity contribution in [2.75, 3.05) is 11.9 Å². The average molecular weight is 292 g/mol. The van der Waals surface area contributed by atoms with Crippen LogP contribution in [0.25, 0.3) is 0 Å². The first kappa shape index (κ1) is 14.3. The van der Waals surface area contributed by atoms with Crippen molar-refractivity contribution in [3.8, 4) is 5.75 Å². The lowest BCUT2D eigenvalue weighted by molar-refractivity contribution is -0.380. The van der Waals surface area contributed by atoms with Gasteiger partial charge in [0, 0.05) is 17.5 Å². The SMILES string of the molecule is CCCOc1ccccc1NCc1ccc([N+](=O)[O-])s1. The zero-order valence-electron chi connectivity index (χ0n) is 11.2. The second-order valence-electron chi connectivity index (χ2n) is 4.20. The van der Waals surface area contributed by atoms with Gasteiger partial charge in [0.25, 0.3) is 0 Å². The predicted molar refractivity (Wildman–Crippen MR) is 80.5 cm³/mol. The number of hydrogen-bond donors (Lipinski definition) is 1. The van der Waals surface area contributed by atoms with E-state index >= 15 is 0 Å². The number of benzene rings is 1. The van der Waals surface area contributed by atoms with Crippen LogP contribution < -0.4 is 10.1 Å². The number of nitrogens with zero attached hydrogens (tertiary/aromatic N) is 1. The molecule has 0 saturated carbocycles.